The molecular weight excluding hydrogens is 524 g/mol. The molecule has 1 aliphatic heterocycles. The lowest BCUT2D eigenvalue weighted by Gasteiger charge is -2.31. The van der Waals surface area contributed by atoms with E-state index in [0.29, 0.717) is 46.6 Å². The molecular formula is C32H33ClN4O3. The smallest absolute Gasteiger partial charge is 0.241 e. The van der Waals surface area contributed by atoms with E-state index in [1.807, 2.05) is 30.3 Å². The minimum Gasteiger partial charge on any atom is -0.338 e. The number of ketones is 1. The first kappa shape index (κ1) is 27.7. The van der Waals surface area contributed by atoms with Crippen molar-refractivity contribution in [3.8, 4) is 11.4 Å². The number of likely N-dealkylation sites (tertiary alicyclic amines) is 1. The lowest BCUT2D eigenvalue weighted by molar-refractivity contribution is -0.121. The highest BCUT2D eigenvalue weighted by atomic mass is 35.5. The number of halogens is 1. The maximum absolute atomic E-state index is 13.3. The third-order valence-corrected chi connectivity index (χ3v) is 7.47. The molecule has 0 spiro atoms. The molecule has 1 amide bonds. The molecule has 7 nitrogen and oxygen atoms in total. The molecule has 1 unspecified atom stereocenters. The second-order valence-electron chi connectivity index (χ2n) is 11.3. The summed E-state index contributed by atoms with van der Waals surface area (Å²) in [4.78, 5) is 33.2. The second-order valence-corrected chi connectivity index (χ2v) is 11.7. The first-order chi connectivity index (χ1) is 19.2. The zero-order valence-corrected chi connectivity index (χ0v) is 23.7. The maximum atomic E-state index is 13.3. The van der Waals surface area contributed by atoms with Gasteiger partial charge < -0.3 is 9.84 Å². The Hall–Kier alpha value is -3.81. The molecule has 1 atom stereocenters. The van der Waals surface area contributed by atoms with Gasteiger partial charge in [0.1, 0.15) is 0 Å². The predicted molar refractivity (Wildman–Crippen MR) is 156 cm³/mol. The van der Waals surface area contributed by atoms with Gasteiger partial charge in [-0.3, -0.25) is 14.5 Å². The van der Waals surface area contributed by atoms with Crippen molar-refractivity contribution in [2.45, 2.75) is 45.6 Å². The molecule has 1 aliphatic rings. The Bertz CT molecular complexity index is 1490. The Morgan fingerprint density at radius 1 is 1.05 bits per heavy atom. The maximum Gasteiger partial charge on any atom is 0.241 e. The number of carbonyl (C=O) groups is 2. The van der Waals surface area contributed by atoms with Crippen LogP contribution in [0.2, 0.25) is 5.02 Å². The number of carbonyl (C=O) groups excluding carboxylic acids is 2. The third-order valence-electron chi connectivity index (χ3n) is 7.23. The van der Waals surface area contributed by atoms with Crippen LogP contribution < -0.4 is 5.32 Å². The lowest BCUT2D eigenvalue weighted by Crippen LogP contribution is -2.40. The fraction of sp³-hybridized carbons (Fsp3) is 0.312. The number of piperidine rings is 1. The highest BCUT2D eigenvalue weighted by Gasteiger charge is 2.28. The molecule has 206 valence electrons. The number of anilines is 1. The summed E-state index contributed by atoms with van der Waals surface area (Å²) in [7, 11) is 0. The van der Waals surface area contributed by atoms with E-state index in [1.165, 1.54) is 5.56 Å². The number of amides is 1. The molecule has 8 heteroatoms. The largest absolute Gasteiger partial charge is 0.338 e. The molecule has 1 N–H and O–H groups in total. The van der Waals surface area contributed by atoms with Crippen LogP contribution in [0.15, 0.2) is 77.3 Å². The lowest BCUT2D eigenvalue weighted by atomic mass is 9.87. The third kappa shape index (κ3) is 6.49. The number of nitrogens with one attached hydrogen (secondary N) is 1. The van der Waals surface area contributed by atoms with E-state index in [4.69, 9.17) is 16.1 Å². The van der Waals surface area contributed by atoms with Crippen LogP contribution in [0.4, 0.5) is 5.69 Å². The number of rotatable bonds is 7. The summed E-state index contributed by atoms with van der Waals surface area (Å²) in [6, 6.07) is 22.2. The fourth-order valence-corrected chi connectivity index (χ4v) is 5.13. The number of nitrogens with zero attached hydrogens (tertiary/aromatic N) is 3. The molecule has 2 heterocycles. The van der Waals surface area contributed by atoms with Gasteiger partial charge in [0, 0.05) is 28.3 Å². The van der Waals surface area contributed by atoms with Gasteiger partial charge in [0.05, 0.1) is 18.2 Å². The summed E-state index contributed by atoms with van der Waals surface area (Å²) in [6.45, 7) is 8.40. The Morgan fingerprint density at radius 3 is 2.52 bits per heavy atom. The second kappa shape index (κ2) is 11.7. The average Bonchev–Trinajstić information content (AvgIpc) is 3.42. The number of benzene rings is 3. The van der Waals surface area contributed by atoms with E-state index < -0.39 is 0 Å². The molecule has 0 aliphatic carbocycles. The van der Waals surface area contributed by atoms with Gasteiger partial charge in [-0.05, 0) is 48.6 Å². The van der Waals surface area contributed by atoms with Gasteiger partial charge in [-0.25, -0.2) is 0 Å². The quantitative estimate of drug-likeness (QED) is 0.253. The van der Waals surface area contributed by atoms with Crippen LogP contribution in [0.1, 0.15) is 61.0 Å². The SMILES string of the molecule is CC(C)(C)c1ccc(-c2noc(CN3CCCC(C(=O)Nc4ccc(Cl)cc4C(=O)c4ccccc4)C3)n2)cc1. The molecule has 1 fully saturated rings. The van der Waals surface area contributed by atoms with E-state index >= 15 is 0 Å². The number of hydrogen-bond acceptors (Lipinski definition) is 6. The molecule has 1 saturated heterocycles. The molecule has 0 saturated carbocycles. The van der Waals surface area contributed by atoms with Crippen molar-refractivity contribution in [3.05, 3.63) is 100 Å². The fourth-order valence-electron chi connectivity index (χ4n) is 4.95. The van der Waals surface area contributed by atoms with Gasteiger partial charge in [0.2, 0.25) is 17.6 Å². The zero-order valence-electron chi connectivity index (χ0n) is 23.0. The zero-order chi connectivity index (χ0) is 28.3. The topological polar surface area (TPSA) is 88.3 Å². The standard InChI is InChI=1S/C32H33ClN4O3/c1-32(2,3)24-13-11-22(12-14-24)30-35-28(40-36-30)20-37-17-7-10-23(19-37)31(39)34-27-16-15-25(33)18-26(27)29(38)21-8-5-4-6-9-21/h4-6,8-9,11-16,18,23H,7,10,17,19-20H2,1-3H3,(H,34,39). The summed E-state index contributed by atoms with van der Waals surface area (Å²) < 4.78 is 5.55. The highest BCUT2D eigenvalue weighted by Crippen LogP contribution is 2.27. The van der Waals surface area contributed by atoms with E-state index in [2.05, 4.69) is 53.3 Å². The minimum atomic E-state index is -0.239. The van der Waals surface area contributed by atoms with Crippen LogP contribution in [0.25, 0.3) is 11.4 Å². The van der Waals surface area contributed by atoms with Crippen molar-refractivity contribution in [3.63, 3.8) is 0 Å². The minimum absolute atomic E-state index is 0.0740. The Morgan fingerprint density at radius 2 is 1.80 bits per heavy atom. The predicted octanol–water partition coefficient (Wildman–Crippen LogP) is 6.77. The van der Waals surface area contributed by atoms with Crippen molar-refractivity contribution >= 4 is 29.0 Å². The Kier molecular flexibility index (Phi) is 8.14. The van der Waals surface area contributed by atoms with E-state index in [0.717, 1.165) is 24.9 Å². The van der Waals surface area contributed by atoms with Crippen molar-refractivity contribution in [1.82, 2.24) is 15.0 Å². The normalized spacial score (nSPS) is 16.1. The Balaban J connectivity index is 1.23. The molecule has 0 radical (unpaired) electrons. The van der Waals surface area contributed by atoms with Crippen LogP contribution in [-0.4, -0.2) is 39.8 Å². The van der Waals surface area contributed by atoms with Crippen molar-refractivity contribution in [1.29, 1.82) is 0 Å². The van der Waals surface area contributed by atoms with Crippen molar-refractivity contribution in [2.75, 3.05) is 18.4 Å². The average molecular weight is 557 g/mol. The van der Waals surface area contributed by atoms with Crippen molar-refractivity contribution in [2.24, 2.45) is 5.92 Å². The van der Waals surface area contributed by atoms with Crippen LogP contribution >= 0.6 is 11.6 Å². The number of aromatic nitrogens is 2. The summed E-state index contributed by atoms with van der Waals surface area (Å²) in [5.74, 6) is 0.518. The highest BCUT2D eigenvalue weighted by molar-refractivity contribution is 6.31. The molecule has 5 rings (SSSR count). The van der Waals surface area contributed by atoms with Crippen LogP contribution in [0.5, 0.6) is 0 Å². The van der Waals surface area contributed by atoms with Gasteiger partial charge in [-0.2, -0.15) is 4.98 Å². The van der Waals surface area contributed by atoms with E-state index in [9.17, 15) is 9.59 Å². The summed E-state index contributed by atoms with van der Waals surface area (Å²) in [5, 5.41) is 7.60. The molecule has 40 heavy (non-hydrogen) atoms. The van der Waals surface area contributed by atoms with E-state index in [-0.39, 0.29) is 23.0 Å². The first-order valence-electron chi connectivity index (χ1n) is 13.5. The molecule has 4 aromatic rings. The molecule has 1 aromatic heterocycles. The van der Waals surface area contributed by atoms with Crippen LogP contribution in [0.3, 0.4) is 0 Å². The van der Waals surface area contributed by atoms with E-state index in [1.54, 1.807) is 30.3 Å². The monoisotopic (exact) mass is 556 g/mol. The first-order valence-corrected chi connectivity index (χ1v) is 13.9. The summed E-state index contributed by atoms with van der Waals surface area (Å²) in [5.41, 5.74) is 3.58. The van der Waals surface area contributed by atoms with Crippen LogP contribution in [0, 0.1) is 5.92 Å². The summed E-state index contributed by atoms with van der Waals surface area (Å²) in [6.07, 6.45) is 1.62. The van der Waals surface area contributed by atoms with Gasteiger partial charge in [-0.15, -0.1) is 0 Å². The van der Waals surface area contributed by atoms with Gasteiger partial charge in [-0.1, -0.05) is 92.1 Å². The molecule has 0 bridgehead atoms. The van der Waals surface area contributed by atoms with Crippen molar-refractivity contribution < 1.29 is 14.1 Å². The number of hydrogen-bond donors (Lipinski definition) is 1. The molecule has 3 aromatic carbocycles. The Labute approximate surface area is 239 Å². The van der Waals surface area contributed by atoms with Gasteiger partial charge in [0.15, 0.2) is 5.78 Å². The van der Waals surface area contributed by atoms with Gasteiger partial charge in [0.25, 0.3) is 0 Å². The van der Waals surface area contributed by atoms with Gasteiger partial charge >= 0.3 is 0 Å². The van der Waals surface area contributed by atoms with Crippen LogP contribution in [-0.2, 0) is 16.8 Å². The summed E-state index contributed by atoms with van der Waals surface area (Å²) >= 11 is 6.20.